The van der Waals surface area contributed by atoms with Gasteiger partial charge in [-0.15, -0.1) is 0 Å². The molecule has 40 heavy (non-hydrogen) atoms. The molecule has 0 radical (unpaired) electrons. The van der Waals surface area contributed by atoms with Crippen molar-refractivity contribution in [3.05, 3.63) is 53.9 Å². The van der Waals surface area contributed by atoms with Crippen LogP contribution in [-0.2, 0) is 11.3 Å². The fourth-order valence-corrected chi connectivity index (χ4v) is 4.59. The van der Waals surface area contributed by atoms with Gasteiger partial charge in [0.1, 0.15) is 12.2 Å². The van der Waals surface area contributed by atoms with Gasteiger partial charge in [-0.05, 0) is 42.8 Å². The van der Waals surface area contributed by atoms with Crippen molar-refractivity contribution < 1.29 is 18.0 Å². The fraction of sp³-hybridized carbons (Fsp3) is 0.370. The minimum absolute atomic E-state index is 0.275. The molecule has 210 valence electrons. The van der Waals surface area contributed by atoms with E-state index < -0.39 is 18.5 Å². The predicted molar refractivity (Wildman–Crippen MR) is 146 cm³/mol. The highest BCUT2D eigenvalue weighted by Crippen LogP contribution is 2.26. The van der Waals surface area contributed by atoms with Crippen LogP contribution in [0, 0.1) is 6.92 Å². The molecule has 1 fully saturated rings. The van der Waals surface area contributed by atoms with Crippen molar-refractivity contribution >= 4 is 34.7 Å². The number of imidazole rings is 1. The van der Waals surface area contributed by atoms with Crippen LogP contribution in [0.1, 0.15) is 17.7 Å². The second kappa shape index (κ2) is 11.1. The number of fused-ring (bicyclic) bond motifs is 1. The first kappa shape index (κ1) is 27.3. The van der Waals surface area contributed by atoms with Gasteiger partial charge in [-0.2, -0.15) is 13.2 Å². The monoisotopic (exact) mass is 553 g/mol. The van der Waals surface area contributed by atoms with Crippen LogP contribution in [-0.4, -0.2) is 87.1 Å². The number of amides is 1. The molecule has 0 saturated carbocycles. The van der Waals surface area contributed by atoms with Crippen LogP contribution in [0.2, 0.25) is 0 Å². The number of H-pyrrole nitrogens is 1. The summed E-state index contributed by atoms with van der Waals surface area (Å²) in [6, 6.07) is 11.7. The van der Waals surface area contributed by atoms with Crippen molar-refractivity contribution in [1.29, 1.82) is 0 Å². The molecule has 10 nitrogen and oxygen atoms in total. The average molecular weight is 554 g/mol. The number of aromatic nitrogens is 5. The zero-order valence-corrected chi connectivity index (χ0v) is 22.5. The minimum Gasteiger partial charge on any atom is -0.347 e. The van der Waals surface area contributed by atoms with E-state index in [2.05, 4.69) is 35.1 Å². The average Bonchev–Trinajstić information content (AvgIpc) is 3.29. The first-order valence-electron chi connectivity index (χ1n) is 12.8. The molecule has 1 aliphatic rings. The molecule has 2 N–H and O–H groups in total. The first-order chi connectivity index (χ1) is 19.0. The summed E-state index contributed by atoms with van der Waals surface area (Å²) in [5.41, 5.74) is 5.26. The molecule has 4 aromatic rings. The van der Waals surface area contributed by atoms with Gasteiger partial charge in [0.25, 0.3) is 0 Å². The van der Waals surface area contributed by atoms with Crippen LogP contribution in [0.15, 0.2) is 42.6 Å². The molecule has 0 spiro atoms. The Hall–Kier alpha value is -4.26. The number of hydrogen-bond donors (Lipinski definition) is 2. The summed E-state index contributed by atoms with van der Waals surface area (Å²) in [5.74, 6) is 0.926. The summed E-state index contributed by atoms with van der Waals surface area (Å²) in [5, 5.41) is 3.22. The van der Waals surface area contributed by atoms with Gasteiger partial charge in [-0.1, -0.05) is 6.07 Å². The van der Waals surface area contributed by atoms with E-state index >= 15 is 0 Å². The number of aryl methyl sites for hydroxylation is 1. The Bertz CT molecular complexity index is 1510. The van der Waals surface area contributed by atoms with E-state index in [4.69, 9.17) is 0 Å². The van der Waals surface area contributed by atoms with Crippen LogP contribution in [0.25, 0.3) is 22.3 Å². The molecule has 5 rings (SSSR count). The van der Waals surface area contributed by atoms with Crippen molar-refractivity contribution in [3.63, 3.8) is 0 Å². The summed E-state index contributed by atoms with van der Waals surface area (Å²) in [7, 11) is 3.81. The molecule has 1 amide bonds. The van der Waals surface area contributed by atoms with Crippen molar-refractivity contribution in [2.24, 2.45) is 0 Å². The Balaban J connectivity index is 1.23. The number of pyridine rings is 1. The molecule has 3 aromatic heterocycles. The Morgan fingerprint density at radius 3 is 2.55 bits per heavy atom. The van der Waals surface area contributed by atoms with Crippen LogP contribution in [0.5, 0.6) is 0 Å². The third kappa shape index (κ3) is 6.65. The van der Waals surface area contributed by atoms with Crippen LogP contribution >= 0.6 is 0 Å². The number of carbonyl (C=O) groups excluding carboxylic acids is 1. The lowest BCUT2D eigenvalue weighted by Gasteiger charge is -2.35. The zero-order chi connectivity index (χ0) is 28.4. The second-order valence-electron chi connectivity index (χ2n) is 10.0. The quantitative estimate of drug-likeness (QED) is 0.352. The van der Waals surface area contributed by atoms with Gasteiger partial charge in [0.15, 0.2) is 0 Å². The van der Waals surface area contributed by atoms with Gasteiger partial charge in [-0.3, -0.25) is 9.69 Å². The lowest BCUT2D eigenvalue weighted by Crippen LogP contribution is -2.49. The molecule has 0 aliphatic carbocycles. The predicted octanol–water partition coefficient (Wildman–Crippen LogP) is 4.13. The summed E-state index contributed by atoms with van der Waals surface area (Å²) >= 11 is 0. The molecule has 4 heterocycles. The summed E-state index contributed by atoms with van der Waals surface area (Å²) < 4.78 is 37.6. The second-order valence-corrected chi connectivity index (χ2v) is 10.0. The smallest absolute Gasteiger partial charge is 0.347 e. The number of piperazine rings is 1. The number of hydrogen-bond acceptors (Lipinski definition) is 8. The number of carbonyl (C=O) groups is 1. The number of halogens is 3. The van der Waals surface area contributed by atoms with E-state index in [0.717, 1.165) is 33.5 Å². The van der Waals surface area contributed by atoms with E-state index in [-0.39, 0.29) is 13.1 Å². The number of rotatable bonds is 7. The van der Waals surface area contributed by atoms with Crippen molar-refractivity contribution in [2.75, 3.05) is 50.5 Å². The van der Waals surface area contributed by atoms with E-state index in [9.17, 15) is 18.0 Å². The van der Waals surface area contributed by atoms with Crippen molar-refractivity contribution in [1.82, 2.24) is 34.7 Å². The number of alkyl halides is 3. The topological polar surface area (TPSA) is 106 Å². The van der Waals surface area contributed by atoms with E-state index in [1.807, 2.05) is 62.3 Å². The molecule has 1 aromatic carbocycles. The number of aromatic amines is 1. The standard InChI is InChI=1S/C27H30F3N9O/c1-17-12-21(35-26(32-17)37(2)3)19-4-5-20-22(14-19)34-25(33-20)36-23-13-18(6-7-31-23)16-38-8-10-39(11-9-38)24(40)15-27(28,29)30/h4-7,12-14H,8-11,15-16H2,1-3H3,(H2,31,33,34,36). The Morgan fingerprint density at radius 1 is 1.05 bits per heavy atom. The van der Waals surface area contributed by atoms with Crippen LogP contribution < -0.4 is 10.2 Å². The maximum Gasteiger partial charge on any atom is 0.397 e. The van der Waals surface area contributed by atoms with Gasteiger partial charge in [0, 0.05) is 64.3 Å². The number of benzene rings is 1. The maximum absolute atomic E-state index is 12.5. The molecule has 1 aliphatic heterocycles. The molecule has 0 bridgehead atoms. The minimum atomic E-state index is -4.48. The van der Waals surface area contributed by atoms with Crippen LogP contribution in [0.4, 0.5) is 30.9 Å². The molecule has 0 atom stereocenters. The third-order valence-electron chi connectivity index (χ3n) is 6.57. The Kier molecular flexibility index (Phi) is 7.57. The lowest BCUT2D eigenvalue weighted by atomic mass is 10.1. The highest BCUT2D eigenvalue weighted by atomic mass is 19.4. The lowest BCUT2D eigenvalue weighted by molar-refractivity contribution is -0.162. The number of nitrogens with one attached hydrogen (secondary N) is 2. The van der Waals surface area contributed by atoms with Gasteiger partial charge in [-0.25, -0.2) is 19.9 Å². The number of nitrogens with zero attached hydrogens (tertiary/aromatic N) is 7. The van der Waals surface area contributed by atoms with Crippen molar-refractivity contribution in [3.8, 4) is 11.3 Å². The van der Waals surface area contributed by atoms with Gasteiger partial charge in [0.2, 0.25) is 17.8 Å². The number of anilines is 3. The molecule has 1 saturated heterocycles. The normalized spacial score (nSPS) is 14.5. The Morgan fingerprint density at radius 2 is 1.82 bits per heavy atom. The largest absolute Gasteiger partial charge is 0.397 e. The molecular formula is C27H30F3N9O. The van der Waals surface area contributed by atoms with Crippen LogP contribution in [0.3, 0.4) is 0 Å². The Labute approximate surface area is 229 Å². The molecular weight excluding hydrogens is 523 g/mol. The SMILES string of the molecule is Cc1cc(-c2ccc3nc(Nc4cc(CN5CCN(C(=O)CC(F)(F)F)CC5)ccn4)[nH]c3c2)nc(N(C)C)n1. The van der Waals surface area contributed by atoms with Gasteiger partial charge < -0.3 is 20.1 Å². The summed E-state index contributed by atoms with van der Waals surface area (Å²) in [4.78, 5) is 38.5. The van der Waals surface area contributed by atoms with E-state index in [1.54, 1.807) is 6.20 Å². The fourth-order valence-electron chi connectivity index (χ4n) is 4.59. The molecule has 13 heteroatoms. The van der Waals surface area contributed by atoms with E-state index in [0.29, 0.717) is 37.3 Å². The van der Waals surface area contributed by atoms with Crippen molar-refractivity contribution in [2.45, 2.75) is 26.1 Å². The summed E-state index contributed by atoms with van der Waals surface area (Å²) in [6.45, 7) is 4.09. The maximum atomic E-state index is 12.5. The first-order valence-corrected chi connectivity index (χ1v) is 12.8. The van der Waals surface area contributed by atoms with Gasteiger partial charge in [0.05, 0.1) is 16.7 Å². The third-order valence-corrected chi connectivity index (χ3v) is 6.57. The highest BCUT2D eigenvalue weighted by Gasteiger charge is 2.34. The molecule has 0 unspecified atom stereocenters. The van der Waals surface area contributed by atoms with E-state index in [1.165, 1.54) is 4.90 Å². The summed E-state index contributed by atoms with van der Waals surface area (Å²) in [6.07, 6.45) is -4.20. The zero-order valence-electron chi connectivity index (χ0n) is 22.5. The highest BCUT2D eigenvalue weighted by molar-refractivity contribution is 5.83. The van der Waals surface area contributed by atoms with Gasteiger partial charge >= 0.3 is 6.18 Å².